The van der Waals surface area contributed by atoms with E-state index in [1.807, 2.05) is 0 Å². The summed E-state index contributed by atoms with van der Waals surface area (Å²) in [6.07, 6.45) is 0.213. The average Bonchev–Trinajstić information content (AvgIpc) is 2.96. The fraction of sp³-hybridized carbons (Fsp3) is 0.526. The Hall–Kier alpha value is -2.25. The zero-order chi connectivity index (χ0) is 18.7. The van der Waals surface area contributed by atoms with E-state index in [4.69, 9.17) is 4.74 Å². The Morgan fingerprint density at radius 2 is 1.73 bits per heavy atom. The minimum atomic E-state index is -0.412. The Labute approximate surface area is 153 Å². The molecule has 0 bridgehead atoms. The number of imide groups is 1. The first-order valence-electron chi connectivity index (χ1n) is 9.15. The van der Waals surface area contributed by atoms with Crippen LogP contribution in [0.25, 0.3) is 0 Å². The number of piperazine rings is 1. The maximum Gasteiger partial charge on any atom is 0.338 e. The minimum absolute atomic E-state index is 0.177. The van der Waals surface area contributed by atoms with E-state index in [1.165, 1.54) is 4.90 Å². The lowest BCUT2D eigenvalue weighted by Gasteiger charge is -2.36. The molecule has 1 aromatic rings. The number of nitrogens with zero attached hydrogens (tertiary/aromatic N) is 3. The Bertz CT molecular complexity index is 681. The number of carbonyl (C=O) groups is 3. The van der Waals surface area contributed by atoms with Gasteiger partial charge in [0.15, 0.2) is 0 Å². The van der Waals surface area contributed by atoms with Crippen molar-refractivity contribution in [1.29, 1.82) is 0 Å². The molecular formula is C19H25N3O4. The highest BCUT2D eigenvalue weighted by atomic mass is 16.5. The Morgan fingerprint density at radius 3 is 2.31 bits per heavy atom. The zero-order valence-electron chi connectivity index (χ0n) is 15.3. The number of carbonyl (C=O) groups excluding carboxylic acids is 3. The van der Waals surface area contributed by atoms with Crippen LogP contribution in [0.3, 0.4) is 0 Å². The van der Waals surface area contributed by atoms with Crippen LogP contribution >= 0.6 is 0 Å². The second-order valence-electron chi connectivity index (χ2n) is 6.52. The number of benzene rings is 1. The Morgan fingerprint density at radius 1 is 1.08 bits per heavy atom. The van der Waals surface area contributed by atoms with Crippen molar-refractivity contribution in [1.82, 2.24) is 9.80 Å². The van der Waals surface area contributed by atoms with E-state index >= 15 is 0 Å². The molecule has 3 rings (SSSR count). The van der Waals surface area contributed by atoms with Crippen molar-refractivity contribution in [3.8, 4) is 0 Å². The number of amides is 2. The number of rotatable bonds is 5. The third-order valence-electron chi connectivity index (χ3n) is 5.05. The first-order valence-corrected chi connectivity index (χ1v) is 9.15. The van der Waals surface area contributed by atoms with Crippen molar-refractivity contribution in [2.24, 2.45) is 0 Å². The van der Waals surface area contributed by atoms with Crippen LogP contribution in [0.5, 0.6) is 0 Å². The molecule has 0 N–H and O–H groups in total. The molecule has 2 fully saturated rings. The average molecular weight is 359 g/mol. The molecule has 1 atom stereocenters. The minimum Gasteiger partial charge on any atom is -0.462 e. The van der Waals surface area contributed by atoms with Crippen molar-refractivity contribution < 1.29 is 19.1 Å². The second kappa shape index (κ2) is 7.97. The molecule has 2 heterocycles. The summed E-state index contributed by atoms with van der Waals surface area (Å²) < 4.78 is 4.95. The summed E-state index contributed by atoms with van der Waals surface area (Å²) >= 11 is 0. The van der Waals surface area contributed by atoms with Gasteiger partial charge in [-0.2, -0.15) is 0 Å². The molecule has 0 saturated carbocycles. The molecule has 7 nitrogen and oxygen atoms in total. The monoisotopic (exact) mass is 359 g/mol. The maximum absolute atomic E-state index is 12.8. The van der Waals surface area contributed by atoms with Gasteiger partial charge in [-0.05, 0) is 37.7 Å². The molecule has 2 aliphatic rings. The topological polar surface area (TPSA) is 70.2 Å². The van der Waals surface area contributed by atoms with Crippen molar-refractivity contribution in [3.05, 3.63) is 29.8 Å². The molecule has 2 saturated heterocycles. The molecule has 140 valence electrons. The molecule has 0 radical (unpaired) electrons. The molecule has 7 heteroatoms. The van der Waals surface area contributed by atoms with E-state index in [0.29, 0.717) is 17.9 Å². The summed E-state index contributed by atoms with van der Waals surface area (Å²) in [5.41, 5.74) is 0.907. The van der Waals surface area contributed by atoms with Crippen LogP contribution in [0.1, 0.15) is 30.6 Å². The fourth-order valence-corrected chi connectivity index (χ4v) is 3.52. The van der Waals surface area contributed by atoms with Crippen molar-refractivity contribution in [3.63, 3.8) is 0 Å². The first-order chi connectivity index (χ1) is 12.5. The molecule has 26 heavy (non-hydrogen) atoms. The van der Waals surface area contributed by atoms with Gasteiger partial charge < -0.3 is 9.64 Å². The molecule has 0 spiro atoms. The molecule has 0 aromatic heterocycles. The molecular weight excluding hydrogens is 334 g/mol. The van der Waals surface area contributed by atoms with Crippen LogP contribution in [0.15, 0.2) is 24.3 Å². The maximum atomic E-state index is 12.8. The van der Waals surface area contributed by atoms with Crippen LogP contribution in [0, 0.1) is 0 Å². The van der Waals surface area contributed by atoms with Gasteiger partial charge >= 0.3 is 5.97 Å². The lowest BCUT2D eigenvalue weighted by Crippen LogP contribution is -2.52. The van der Waals surface area contributed by atoms with Gasteiger partial charge in [0.1, 0.15) is 0 Å². The molecule has 1 unspecified atom stereocenters. The van der Waals surface area contributed by atoms with E-state index in [1.54, 1.807) is 31.2 Å². The predicted molar refractivity (Wildman–Crippen MR) is 97.0 cm³/mol. The Kier molecular flexibility index (Phi) is 5.68. The predicted octanol–water partition coefficient (Wildman–Crippen LogP) is 1.13. The SMILES string of the molecule is CCOC(=O)c1ccc(N2C(=O)CC(N3CCN(CC)CC3)C2=O)cc1. The molecule has 2 amide bonds. The van der Waals surface area contributed by atoms with Crippen LogP contribution in [0.4, 0.5) is 5.69 Å². The third kappa shape index (κ3) is 3.64. The number of anilines is 1. The lowest BCUT2D eigenvalue weighted by atomic mass is 10.1. The van der Waals surface area contributed by atoms with E-state index in [2.05, 4.69) is 16.7 Å². The number of esters is 1. The quantitative estimate of drug-likeness (QED) is 0.580. The van der Waals surface area contributed by atoms with Crippen molar-refractivity contribution >= 4 is 23.5 Å². The second-order valence-corrected chi connectivity index (χ2v) is 6.52. The first kappa shape index (κ1) is 18.5. The van der Waals surface area contributed by atoms with Crippen LogP contribution in [-0.2, 0) is 14.3 Å². The number of ether oxygens (including phenoxy) is 1. The highest BCUT2D eigenvalue weighted by Crippen LogP contribution is 2.26. The fourth-order valence-electron chi connectivity index (χ4n) is 3.52. The van der Waals surface area contributed by atoms with Gasteiger partial charge in [-0.25, -0.2) is 9.69 Å². The summed E-state index contributed by atoms with van der Waals surface area (Å²) in [5, 5.41) is 0. The van der Waals surface area contributed by atoms with Gasteiger partial charge in [-0.1, -0.05) is 6.92 Å². The van der Waals surface area contributed by atoms with E-state index in [0.717, 1.165) is 32.7 Å². The van der Waals surface area contributed by atoms with Crippen molar-refractivity contribution in [2.75, 3.05) is 44.2 Å². The van der Waals surface area contributed by atoms with Gasteiger partial charge in [-0.3, -0.25) is 14.5 Å². The van der Waals surface area contributed by atoms with Crippen LogP contribution in [0.2, 0.25) is 0 Å². The van der Waals surface area contributed by atoms with E-state index in [9.17, 15) is 14.4 Å². The van der Waals surface area contributed by atoms with Gasteiger partial charge in [0.2, 0.25) is 5.91 Å². The summed E-state index contributed by atoms with van der Waals surface area (Å²) in [4.78, 5) is 42.7. The van der Waals surface area contributed by atoms with Gasteiger partial charge in [0, 0.05) is 26.2 Å². The lowest BCUT2D eigenvalue weighted by molar-refractivity contribution is -0.123. The normalized spacial score (nSPS) is 22.1. The summed E-state index contributed by atoms with van der Waals surface area (Å²) in [7, 11) is 0. The zero-order valence-corrected chi connectivity index (χ0v) is 15.3. The van der Waals surface area contributed by atoms with Gasteiger partial charge in [0.05, 0.1) is 30.3 Å². The smallest absolute Gasteiger partial charge is 0.338 e. The van der Waals surface area contributed by atoms with E-state index < -0.39 is 5.97 Å². The van der Waals surface area contributed by atoms with Gasteiger partial charge in [0.25, 0.3) is 5.91 Å². The molecule has 0 aliphatic carbocycles. The number of hydrogen-bond donors (Lipinski definition) is 0. The molecule has 2 aliphatic heterocycles. The largest absolute Gasteiger partial charge is 0.462 e. The third-order valence-corrected chi connectivity index (χ3v) is 5.05. The van der Waals surface area contributed by atoms with Crippen LogP contribution in [-0.4, -0.2) is 73.0 Å². The summed E-state index contributed by atoms with van der Waals surface area (Å²) in [5.74, 6) is -0.782. The van der Waals surface area contributed by atoms with Gasteiger partial charge in [-0.15, -0.1) is 0 Å². The highest BCUT2D eigenvalue weighted by molar-refractivity contribution is 6.22. The molecule has 1 aromatic carbocycles. The van der Waals surface area contributed by atoms with Crippen LogP contribution < -0.4 is 4.90 Å². The number of hydrogen-bond acceptors (Lipinski definition) is 6. The number of likely N-dealkylation sites (N-methyl/N-ethyl adjacent to an activating group) is 1. The van der Waals surface area contributed by atoms with Crippen molar-refractivity contribution in [2.45, 2.75) is 26.3 Å². The highest BCUT2D eigenvalue weighted by Gasteiger charge is 2.43. The standard InChI is InChI=1S/C19H25N3O4/c1-3-20-9-11-21(12-10-20)16-13-17(23)22(18(16)24)15-7-5-14(6-8-15)19(25)26-4-2/h5-8,16H,3-4,9-13H2,1-2H3. The summed E-state index contributed by atoms with van der Waals surface area (Å²) in [6, 6.07) is 6.03. The summed E-state index contributed by atoms with van der Waals surface area (Å²) in [6.45, 7) is 8.61. The Balaban J connectivity index is 1.70. The van der Waals surface area contributed by atoms with E-state index in [-0.39, 0.29) is 24.3 Å².